The van der Waals surface area contributed by atoms with Crippen LogP contribution in [-0.4, -0.2) is 96.8 Å². The molecule has 2 aliphatic heterocycles. The van der Waals surface area contributed by atoms with Crippen molar-refractivity contribution < 1.29 is 33.3 Å². The van der Waals surface area contributed by atoms with E-state index in [1.807, 2.05) is 4.68 Å². The number of carbonyl (C=O) groups excluding carboxylic acids is 3. The predicted octanol–water partition coefficient (Wildman–Crippen LogP) is 3.07. The molecule has 2 aromatic heterocycles. The van der Waals surface area contributed by atoms with Gasteiger partial charge in [-0.1, -0.05) is 18.4 Å². The minimum Gasteiger partial charge on any atom is -0.497 e. The minimum atomic E-state index is -0.590. The lowest BCUT2D eigenvalue weighted by Gasteiger charge is -2.31. The van der Waals surface area contributed by atoms with Crippen LogP contribution in [0.4, 0.5) is 0 Å². The summed E-state index contributed by atoms with van der Waals surface area (Å²) in [6.45, 7) is 6.59. The average molecular weight is 763 g/mol. The van der Waals surface area contributed by atoms with Crippen molar-refractivity contribution in [2.45, 2.75) is 37.8 Å². The van der Waals surface area contributed by atoms with Gasteiger partial charge in [-0.2, -0.15) is 10.2 Å². The monoisotopic (exact) mass is 762 g/mol. The molecule has 15 heteroatoms. The third kappa shape index (κ3) is 10.3. The van der Waals surface area contributed by atoms with E-state index in [4.69, 9.17) is 30.4 Å². The number of rotatable bonds is 9. The number of nitrogens with two attached hydrogens (primary N) is 2. The summed E-state index contributed by atoms with van der Waals surface area (Å²) in [4.78, 5) is 37.2. The fraction of sp³-hybridized carbons (Fsp3) is 0.341. The number of benzene rings is 2. The maximum Gasteiger partial charge on any atom is 0.253 e. The van der Waals surface area contributed by atoms with Crippen molar-refractivity contribution in [1.82, 2.24) is 29.8 Å². The van der Waals surface area contributed by atoms with Gasteiger partial charge in [0.2, 0.25) is 5.91 Å². The Kier molecular flexibility index (Phi) is 13.8. The summed E-state index contributed by atoms with van der Waals surface area (Å²) in [7, 11) is 6.29. The maximum absolute atomic E-state index is 11.9. The first-order chi connectivity index (χ1) is 27.0. The zero-order chi connectivity index (χ0) is 40.2. The van der Waals surface area contributed by atoms with Crippen molar-refractivity contribution >= 4 is 17.7 Å². The van der Waals surface area contributed by atoms with E-state index >= 15 is 0 Å². The number of primary amides is 2. The molecule has 5 N–H and O–H groups in total. The molecule has 0 radical (unpaired) electrons. The molecule has 2 saturated heterocycles. The number of amides is 3. The zero-order valence-electron chi connectivity index (χ0n) is 32.0. The predicted molar refractivity (Wildman–Crippen MR) is 209 cm³/mol. The number of methoxy groups -OCH3 is 4. The highest BCUT2D eigenvalue weighted by molar-refractivity contribution is 5.95. The quantitative estimate of drug-likeness (QED) is 0.169. The lowest BCUT2D eigenvalue weighted by atomic mass is 10.1. The largest absolute Gasteiger partial charge is 0.497 e. The standard InChI is InChI=1S/C22H24N4O4.C19H22N4O3/c1-4-21(27)25-9-7-16(8-10-25)26-14-19(22(23)28)20(24-26)6-5-15-11-17(29-2)13-18(12-15)30-3;1-25-15-9-13(10-16(11-15)26-2)3-4-18-17(19(20)24)12-23(22-18)14-5-7-21-8-6-14/h4,11-14,16H,1,7-10H2,2-3H3,(H2,23,28);9-12,14,21H,5-8H2,1-2H3,(H2,20,24). The Morgan fingerprint density at radius 2 is 1.07 bits per heavy atom. The second-order valence-electron chi connectivity index (χ2n) is 12.9. The van der Waals surface area contributed by atoms with Crippen LogP contribution >= 0.6 is 0 Å². The van der Waals surface area contributed by atoms with E-state index in [-0.39, 0.29) is 23.6 Å². The van der Waals surface area contributed by atoms with Gasteiger partial charge >= 0.3 is 0 Å². The van der Waals surface area contributed by atoms with Crippen LogP contribution in [0.15, 0.2) is 61.4 Å². The summed E-state index contributed by atoms with van der Waals surface area (Å²) in [5.74, 6) is 13.2. The van der Waals surface area contributed by atoms with Crippen LogP contribution in [0, 0.1) is 23.7 Å². The summed E-state index contributed by atoms with van der Waals surface area (Å²) in [6.07, 6.45) is 8.02. The fourth-order valence-corrected chi connectivity index (χ4v) is 6.28. The van der Waals surface area contributed by atoms with Crippen molar-refractivity contribution in [3.8, 4) is 46.7 Å². The Hall–Kier alpha value is -6.71. The van der Waals surface area contributed by atoms with Gasteiger partial charge in [-0.3, -0.25) is 23.7 Å². The number of ether oxygens (including phenoxy) is 4. The van der Waals surface area contributed by atoms with Gasteiger partial charge in [-0.05, 0) is 81.0 Å². The Bertz CT molecular complexity index is 2140. The van der Waals surface area contributed by atoms with E-state index in [1.54, 1.807) is 86.8 Å². The number of piperidine rings is 2. The molecule has 0 spiro atoms. The highest BCUT2D eigenvalue weighted by atomic mass is 16.5. The van der Waals surface area contributed by atoms with Crippen LogP contribution in [-0.2, 0) is 4.79 Å². The third-order valence-corrected chi connectivity index (χ3v) is 9.36. The Morgan fingerprint density at radius 1 is 0.679 bits per heavy atom. The summed E-state index contributed by atoms with van der Waals surface area (Å²) in [6, 6.07) is 11.0. The average Bonchev–Trinajstić information content (AvgIpc) is 3.88. The molecule has 2 fully saturated rings. The molecular weight excluding hydrogens is 716 g/mol. The number of carbonyl (C=O) groups is 3. The molecule has 0 aliphatic carbocycles. The number of hydrogen-bond acceptors (Lipinski definition) is 10. The molecule has 4 aromatic rings. The van der Waals surface area contributed by atoms with Crippen LogP contribution < -0.4 is 35.7 Å². The van der Waals surface area contributed by atoms with E-state index in [9.17, 15) is 14.4 Å². The van der Waals surface area contributed by atoms with Crippen molar-refractivity contribution in [1.29, 1.82) is 0 Å². The van der Waals surface area contributed by atoms with Gasteiger partial charge < -0.3 is 40.6 Å². The summed E-state index contributed by atoms with van der Waals surface area (Å²) in [5.41, 5.74) is 13.7. The van der Waals surface area contributed by atoms with Gasteiger partial charge in [0.05, 0.1) is 51.6 Å². The normalized spacial score (nSPS) is 14.1. The molecule has 15 nitrogen and oxygen atoms in total. The van der Waals surface area contributed by atoms with Crippen molar-refractivity contribution in [3.05, 3.63) is 95.1 Å². The van der Waals surface area contributed by atoms with Gasteiger partial charge in [-0.25, -0.2) is 0 Å². The summed E-state index contributed by atoms with van der Waals surface area (Å²) in [5, 5.41) is 12.3. The number of nitrogens with one attached hydrogen (secondary N) is 1. The summed E-state index contributed by atoms with van der Waals surface area (Å²) < 4.78 is 24.5. The van der Waals surface area contributed by atoms with E-state index in [1.165, 1.54) is 6.08 Å². The Balaban J connectivity index is 0.000000216. The first-order valence-electron chi connectivity index (χ1n) is 18.0. The SMILES string of the molecule is C=CC(=O)N1CCC(n2cc(C(N)=O)c(C#Cc3cc(OC)cc(OC)c3)n2)CC1.COc1cc(C#Cc2nn(C3CCNCC3)cc2C(N)=O)cc(OC)c1. The van der Waals surface area contributed by atoms with Crippen LogP contribution in [0.5, 0.6) is 23.0 Å². The van der Waals surface area contributed by atoms with Crippen molar-refractivity contribution in [3.63, 3.8) is 0 Å². The van der Waals surface area contributed by atoms with Crippen molar-refractivity contribution in [2.24, 2.45) is 11.5 Å². The number of nitrogens with zero attached hydrogens (tertiary/aromatic N) is 5. The first kappa shape index (κ1) is 40.5. The second kappa shape index (κ2) is 19.1. The van der Waals surface area contributed by atoms with Crippen LogP contribution in [0.3, 0.4) is 0 Å². The van der Waals surface area contributed by atoms with Gasteiger partial charge in [0.25, 0.3) is 11.8 Å². The number of hydrogen-bond donors (Lipinski definition) is 3. The third-order valence-electron chi connectivity index (χ3n) is 9.36. The smallest absolute Gasteiger partial charge is 0.253 e. The highest BCUT2D eigenvalue weighted by Gasteiger charge is 2.25. The van der Waals surface area contributed by atoms with Gasteiger partial charge in [-0.15, -0.1) is 0 Å². The Labute approximate surface area is 325 Å². The van der Waals surface area contributed by atoms with E-state index < -0.39 is 11.8 Å². The van der Waals surface area contributed by atoms with Gasteiger partial charge in [0, 0.05) is 48.7 Å². The molecule has 2 aliphatic rings. The van der Waals surface area contributed by atoms with Crippen LogP contribution in [0.1, 0.15) is 81.0 Å². The maximum atomic E-state index is 11.9. The van der Waals surface area contributed by atoms with Gasteiger partial charge in [0.15, 0.2) is 0 Å². The molecule has 0 bridgehead atoms. The lowest BCUT2D eigenvalue weighted by molar-refractivity contribution is -0.127. The van der Waals surface area contributed by atoms with Crippen molar-refractivity contribution in [2.75, 3.05) is 54.6 Å². The number of aromatic nitrogens is 4. The summed E-state index contributed by atoms with van der Waals surface area (Å²) >= 11 is 0. The van der Waals surface area contributed by atoms with Gasteiger partial charge in [0.1, 0.15) is 34.4 Å². The molecule has 0 saturated carbocycles. The zero-order valence-corrected chi connectivity index (χ0v) is 32.0. The fourth-order valence-electron chi connectivity index (χ4n) is 6.28. The molecule has 292 valence electrons. The highest BCUT2D eigenvalue weighted by Crippen LogP contribution is 2.26. The molecule has 6 rings (SSSR count). The second-order valence-corrected chi connectivity index (χ2v) is 12.9. The molecule has 3 amide bonds. The number of likely N-dealkylation sites (tertiary alicyclic amines) is 1. The van der Waals surface area contributed by atoms with E-state index in [0.717, 1.165) is 38.8 Å². The molecule has 0 atom stereocenters. The molecule has 0 unspecified atom stereocenters. The lowest BCUT2D eigenvalue weighted by Crippen LogP contribution is -2.38. The molecule has 4 heterocycles. The van der Waals surface area contributed by atoms with Crippen LogP contribution in [0.25, 0.3) is 0 Å². The topological polar surface area (TPSA) is 191 Å². The van der Waals surface area contributed by atoms with E-state index in [0.29, 0.717) is 64.2 Å². The first-order valence-corrected chi connectivity index (χ1v) is 18.0. The van der Waals surface area contributed by atoms with Crippen LogP contribution in [0.2, 0.25) is 0 Å². The molecule has 2 aromatic carbocycles. The Morgan fingerprint density at radius 3 is 1.43 bits per heavy atom. The molecular formula is C41H46N8O7. The van der Waals surface area contributed by atoms with E-state index in [2.05, 4.69) is 45.8 Å². The molecule has 56 heavy (non-hydrogen) atoms. The minimum absolute atomic E-state index is 0.0597.